The van der Waals surface area contributed by atoms with Gasteiger partial charge in [0.2, 0.25) is 11.8 Å². The van der Waals surface area contributed by atoms with E-state index in [0.29, 0.717) is 24.2 Å². The number of nitrogens with one attached hydrogen (secondary N) is 2. The maximum atomic E-state index is 14.6. The molecular formula is C41H50F2N6O7S. The molecule has 0 unspecified atom stereocenters. The van der Waals surface area contributed by atoms with E-state index in [-0.39, 0.29) is 61.9 Å². The Morgan fingerprint density at radius 3 is 2.32 bits per heavy atom. The lowest BCUT2D eigenvalue weighted by molar-refractivity contribution is -0.152. The largest absolute Gasteiger partial charge is 0.376 e. The lowest BCUT2D eigenvalue weighted by atomic mass is 9.70. The highest BCUT2D eigenvalue weighted by Gasteiger charge is 2.62. The van der Waals surface area contributed by atoms with Gasteiger partial charge in [-0.25, -0.2) is 21.9 Å². The summed E-state index contributed by atoms with van der Waals surface area (Å²) in [7, 11) is -4.84. The van der Waals surface area contributed by atoms with Gasteiger partial charge < -0.3 is 19.9 Å². The summed E-state index contributed by atoms with van der Waals surface area (Å²) >= 11 is 0. The Morgan fingerprint density at radius 1 is 0.965 bits per heavy atom. The lowest BCUT2D eigenvalue weighted by Gasteiger charge is -2.50. The van der Waals surface area contributed by atoms with E-state index in [9.17, 15) is 36.4 Å². The topological polar surface area (TPSA) is 160 Å². The fourth-order valence-corrected chi connectivity index (χ4v) is 9.69. The van der Waals surface area contributed by atoms with Crippen molar-refractivity contribution in [2.75, 3.05) is 32.8 Å². The molecule has 7 rings (SSSR count). The Hall–Kier alpha value is -4.70. The van der Waals surface area contributed by atoms with Crippen LogP contribution >= 0.6 is 0 Å². The van der Waals surface area contributed by atoms with Gasteiger partial charge in [-0.05, 0) is 55.2 Å². The van der Waals surface area contributed by atoms with Crippen LogP contribution in [0.4, 0.5) is 8.78 Å². The smallest absolute Gasteiger partial charge is 0.267 e. The van der Waals surface area contributed by atoms with E-state index >= 15 is 0 Å². The molecule has 306 valence electrons. The van der Waals surface area contributed by atoms with Crippen molar-refractivity contribution >= 4 is 33.7 Å². The normalized spacial score (nSPS) is 22.4. The Balaban J connectivity index is 1.12. The minimum absolute atomic E-state index is 0.00281. The number of amides is 4. The van der Waals surface area contributed by atoms with Gasteiger partial charge in [0.25, 0.3) is 21.8 Å². The number of carbonyl (C=O) groups excluding carboxylic acids is 4. The minimum atomic E-state index is -4.84. The summed E-state index contributed by atoms with van der Waals surface area (Å²) in [6, 6.07) is 9.96. The van der Waals surface area contributed by atoms with Crippen molar-refractivity contribution in [1.29, 1.82) is 0 Å². The third-order valence-corrected chi connectivity index (χ3v) is 13.6. The molecule has 2 aliphatic heterocycles. The molecule has 4 amide bonds. The summed E-state index contributed by atoms with van der Waals surface area (Å²) in [6.07, 6.45) is 7.92. The van der Waals surface area contributed by atoms with Crippen LogP contribution in [0.5, 0.6) is 0 Å². The van der Waals surface area contributed by atoms with Crippen molar-refractivity contribution in [3.8, 4) is 0 Å². The molecule has 4 aliphatic rings. The molecule has 2 saturated heterocycles. The first-order valence-electron chi connectivity index (χ1n) is 19.6. The fourth-order valence-electron chi connectivity index (χ4n) is 8.63. The third kappa shape index (κ3) is 8.76. The Bertz CT molecular complexity index is 2120. The summed E-state index contributed by atoms with van der Waals surface area (Å²) < 4.78 is 64.3. The number of sulfonamides is 1. The number of hydrogen-bond acceptors (Lipinski definition) is 8. The molecule has 2 saturated carbocycles. The van der Waals surface area contributed by atoms with Crippen LogP contribution in [0, 0.1) is 40.2 Å². The van der Waals surface area contributed by atoms with Gasteiger partial charge in [-0.3, -0.25) is 23.9 Å². The summed E-state index contributed by atoms with van der Waals surface area (Å²) in [6.45, 7) is 6.91. The maximum absolute atomic E-state index is 14.6. The molecule has 13 nitrogen and oxygen atoms in total. The zero-order valence-corrected chi connectivity index (χ0v) is 33.3. The molecule has 1 aromatic heterocycles. The zero-order chi connectivity index (χ0) is 40.7. The van der Waals surface area contributed by atoms with Gasteiger partial charge in [0.15, 0.2) is 0 Å². The van der Waals surface area contributed by atoms with Crippen molar-refractivity contribution in [3.05, 3.63) is 83.7 Å². The molecule has 1 spiro atoms. The predicted octanol–water partition coefficient (Wildman–Crippen LogP) is 4.13. The van der Waals surface area contributed by atoms with Crippen LogP contribution in [0.1, 0.15) is 75.2 Å². The predicted molar refractivity (Wildman–Crippen MR) is 204 cm³/mol. The molecule has 3 heterocycles. The molecule has 16 heteroatoms. The van der Waals surface area contributed by atoms with E-state index in [1.807, 2.05) is 48.9 Å². The van der Waals surface area contributed by atoms with Gasteiger partial charge in [-0.2, -0.15) is 5.10 Å². The van der Waals surface area contributed by atoms with Crippen molar-refractivity contribution in [1.82, 2.24) is 29.6 Å². The van der Waals surface area contributed by atoms with Crippen molar-refractivity contribution < 1.29 is 41.1 Å². The molecule has 4 fully saturated rings. The first-order chi connectivity index (χ1) is 27.0. The van der Waals surface area contributed by atoms with E-state index in [1.165, 1.54) is 6.20 Å². The number of nitrogens with zero attached hydrogens (tertiary/aromatic N) is 4. The number of carbonyl (C=O) groups is 4. The quantitative estimate of drug-likeness (QED) is 0.261. The average Bonchev–Trinajstić information content (AvgIpc) is 3.44. The van der Waals surface area contributed by atoms with Gasteiger partial charge in [-0.15, -0.1) is 0 Å². The monoisotopic (exact) mass is 808 g/mol. The molecule has 2 N–H and O–H groups in total. The van der Waals surface area contributed by atoms with Gasteiger partial charge in [-0.1, -0.05) is 63.4 Å². The highest BCUT2D eigenvalue weighted by atomic mass is 32.2. The molecule has 2 aliphatic carbocycles. The lowest BCUT2D eigenvalue weighted by Crippen LogP contribution is -2.65. The maximum Gasteiger partial charge on any atom is 0.267 e. The first kappa shape index (κ1) is 40.5. The molecule has 57 heavy (non-hydrogen) atoms. The summed E-state index contributed by atoms with van der Waals surface area (Å²) in [5.41, 5.74) is 0.375. The van der Waals surface area contributed by atoms with Gasteiger partial charge in [0.1, 0.15) is 22.6 Å². The SMILES string of the molecule is C[C@@H](OCC1CCCCC1)[C@H](NC(=O)[C@@H]1CN(C(=O)c2cnn(Cc3ccccc3)c2)CC12CN(C(=O)[C@H]1CC1(C)C)C2)C(=O)NS(=O)(=O)c1ccc(F)cc1F. The van der Waals surface area contributed by atoms with Crippen LogP contribution in [0.25, 0.3) is 0 Å². The van der Waals surface area contributed by atoms with Crippen LogP contribution in [-0.2, 0) is 35.7 Å². The highest BCUT2D eigenvalue weighted by Crippen LogP contribution is 2.54. The Morgan fingerprint density at radius 2 is 1.65 bits per heavy atom. The van der Waals surface area contributed by atoms with E-state index in [2.05, 4.69) is 10.4 Å². The number of likely N-dealkylation sites (tertiary alicyclic amines) is 2. The molecular weight excluding hydrogens is 759 g/mol. The van der Waals surface area contributed by atoms with Crippen LogP contribution in [0.2, 0.25) is 0 Å². The van der Waals surface area contributed by atoms with Crippen LogP contribution in [0.3, 0.4) is 0 Å². The van der Waals surface area contributed by atoms with Crippen molar-refractivity contribution in [2.24, 2.45) is 28.6 Å². The highest BCUT2D eigenvalue weighted by molar-refractivity contribution is 7.90. The standard InChI is InChI=1S/C41H50F2N6O7S/c1-26(56-22-28-12-8-5-9-13-28)35(37(51)46-57(54,55)34-15-14-30(42)16-33(34)43)45-36(50)32-21-47(23-41(32)24-48(25-41)39(53)31-17-40(31,2)3)38(52)29-18-44-49(20-29)19-27-10-6-4-7-11-27/h4,6-7,10-11,14-16,18,20,26,28,31-32,35H,5,8-9,12-13,17,19,21-25H2,1-3H3,(H,45,50)(H,46,51)/t26-,31-,32+,35+/m1/s1. The molecule has 2 aromatic carbocycles. The molecule has 0 bridgehead atoms. The van der Waals surface area contributed by atoms with Crippen LogP contribution < -0.4 is 10.0 Å². The number of aromatic nitrogens is 2. The van der Waals surface area contributed by atoms with Crippen LogP contribution in [-0.4, -0.2) is 96.6 Å². The van der Waals surface area contributed by atoms with E-state index < -0.39 is 61.8 Å². The van der Waals surface area contributed by atoms with Gasteiger partial charge in [0.05, 0.1) is 30.3 Å². The molecule has 0 radical (unpaired) electrons. The summed E-state index contributed by atoms with van der Waals surface area (Å²) in [4.78, 5) is 58.1. The third-order valence-electron chi connectivity index (χ3n) is 12.2. The number of rotatable bonds is 13. The molecule has 4 atom stereocenters. The number of ether oxygens (including phenoxy) is 1. The van der Waals surface area contributed by atoms with Crippen molar-refractivity contribution in [2.45, 2.75) is 82.9 Å². The Kier molecular flexibility index (Phi) is 11.3. The average molecular weight is 809 g/mol. The fraction of sp³-hybridized carbons (Fsp3) is 0.537. The number of halogens is 2. The summed E-state index contributed by atoms with van der Waals surface area (Å²) in [5, 5.41) is 7.12. The van der Waals surface area contributed by atoms with E-state index in [1.54, 1.807) is 27.6 Å². The minimum Gasteiger partial charge on any atom is -0.376 e. The number of benzene rings is 2. The second-order valence-corrected chi connectivity index (χ2v) is 18.7. The zero-order valence-electron chi connectivity index (χ0n) is 32.5. The first-order valence-corrected chi connectivity index (χ1v) is 21.1. The van der Waals surface area contributed by atoms with Gasteiger partial charge in [0, 0.05) is 56.4 Å². The molecule has 3 aromatic rings. The van der Waals surface area contributed by atoms with E-state index in [4.69, 9.17) is 4.74 Å². The summed E-state index contributed by atoms with van der Waals surface area (Å²) in [5.74, 6) is -5.31. The second-order valence-electron chi connectivity index (χ2n) is 17.0. The van der Waals surface area contributed by atoms with Gasteiger partial charge >= 0.3 is 0 Å². The van der Waals surface area contributed by atoms with Crippen molar-refractivity contribution in [3.63, 3.8) is 0 Å². The van der Waals surface area contributed by atoms with E-state index in [0.717, 1.165) is 50.2 Å². The second kappa shape index (κ2) is 15.9. The Labute approximate surface area is 331 Å². The number of hydrogen-bond donors (Lipinski definition) is 2. The van der Waals surface area contributed by atoms with Crippen LogP contribution in [0.15, 0.2) is 65.8 Å².